The number of rotatable bonds is 6. The molecule has 0 saturated heterocycles. The summed E-state index contributed by atoms with van der Waals surface area (Å²) in [6.07, 6.45) is -3.96. The monoisotopic (exact) mass is 311 g/mol. The molecule has 0 spiro atoms. The van der Waals surface area contributed by atoms with Gasteiger partial charge in [0.1, 0.15) is 0 Å². The van der Waals surface area contributed by atoms with Crippen LogP contribution in [0.25, 0.3) is 0 Å². The largest absolute Gasteiger partial charge is 0.416 e. The van der Waals surface area contributed by atoms with Gasteiger partial charge in [0, 0.05) is 19.3 Å². The average Bonchev–Trinajstić information content (AvgIpc) is 2.34. The standard InChI is InChI=1S/C11H16F3N3O2S/c1-17(8-2-7-15)20(18,19)16-10-5-3-9(4-6-10)11(12,13)14/h3-6,16H,2,7-8,15H2,1H3. The van der Waals surface area contributed by atoms with E-state index in [1.165, 1.54) is 7.05 Å². The molecule has 20 heavy (non-hydrogen) atoms. The number of halogens is 3. The van der Waals surface area contributed by atoms with Crippen molar-refractivity contribution >= 4 is 15.9 Å². The quantitative estimate of drug-likeness (QED) is 0.838. The summed E-state index contributed by atoms with van der Waals surface area (Å²) in [5.74, 6) is 0. The molecule has 0 unspecified atom stereocenters. The minimum Gasteiger partial charge on any atom is -0.330 e. The van der Waals surface area contributed by atoms with Gasteiger partial charge in [-0.25, -0.2) is 0 Å². The van der Waals surface area contributed by atoms with E-state index in [0.717, 1.165) is 28.6 Å². The fraction of sp³-hybridized carbons (Fsp3) is 0.455. The van der Waals surface area contributed by atoms with Crippen LogP contribution < -0.4 is 10.5 Å². The van der Waals surface area contributed by atoms with E-state index in [0.29, 0.717) is 13.0 Å². The van der Waals surface area contributed by atoms with Gasteiger partial charge in [0.2, 0.25) is 0 Å². The van der Waals surface area contributed by atoms with Gasteiger partial charge in [-0.05, 0) is 37.2 Å². The molecule has 5 nitrogen and oxygen atoms in total. The second-order valence-corrected chi connectivity index (χ2v) is 5.92. The lowest BCUT2D eigenvalue weighted by molar-refractivity contribution is -0.137. The summed E-state index contributed by atoms with van der Waals surface area (Å²) in [4.78, 5) is 0. The molecule has 0 aliphatic heterocycles. The zero-order valence-electron chi connectivity index (χ0n) is 10.8. The van der Waals surface area contributed by atoms with Crippen molar-refractivity contribution < 1.29 is 21.6 Å². The van der Waals surface area contributed by atoms with Gasteiger partial charge in [-0.3, -0.25) is 4.72 Å². The van der Waals surface area contributed by atoms with Gasteiger partial charge in [-0.15, -0.1) is 0 Å². The molecule has 0 radical (unpaired) electrons. The van der Waals surface area contributed by atoms with Crippen molar-refractivity contribution in [1.29, 1.82) is 0 Å². The third-order valence-corrected chi connectivity index (χ3v) is 4.04. The van der Waals surface area contributed by atoms with Gasteiger partial charge < -0.3 is 5.73 Å². The lowest BCUT2D eigenvalue weighted by atomic mass is 10.2. The summed E-state index contributed by atoms with van der Waals surface area (Å²) in [5.41, 5.74) is 4.51. The maximum absolute atomic E-state index is 12.4. The molecule has 0 atom stereocenters. The zero-order chi connectivity index (χ0) is 15.4. The van der Waals surface area contributed by atoms with Crippen LogP contribution in [-0.2, 0) is 16.4 Å². The predicted octanol–water partition coefficient (Wildman–Crippen LogP) is 1.64. The Morgan fingerprint density at radius 3 is 2.25 bits per heavy atom. The van der Waals surface area contributed by atoms with E-state index in [1.54, 1.807) is 0 Å². The third kappa shape index (κ3) is 4.66. The summed E-state index contributed by atoms with van der Waals surface area (Å²) >= 11 is 0. The van der Waals surface area contributed by atoms with Crippen LogP contribution in [0, 0.1) is 0 Å². The molecule has 1 rings (SSSR count). The number of benzene rings is 1. The summed E-state index contributed by atoms with van der Waals surface area (Å²) in [6, 6.07) is 3.77. The topological polar surface area (TPSA) is 75.4 Å². The Kier molecular flexibility index (Phi) is 5.37. The normalized spacial score (nSPS) is 12.7. The highest BCUT2D eigenvalue weighted by molar-refractivity contribution is 7.90. The van der Waals surface area contributed by atoms with Gasteiger partial charge in [0.25, 0.3) is 0 Å². The van der Waals surface area contributed by atoms with Gasteiger partial charge in [0.05, 0.1) is 5.56 Å². The highest BCUT2D eigenvalue weighted by Crippen LogP contribution is 2.29. The molecular weight excluding hydrogens is 295 g/mol. The zero-order valence-corrected chi connectivity index (χ0v) is 11.6. The smallest absolute Gasteiger partial charge is 0.330 e. The van der Waals surface area contributed by atoms with Gasteiger partial charge in [0.15, 0.2) is 0 Å². The van der Waals surface area contributed by atoms with Crippen molar-refractivity contribution in [2.75, 3.05) is 24.9 Å². The number of hydrogen-bond donors (Lipinski definition) is 2. The predicted molar refractivity (Wildman–Crippen MR) is 70.3 cm³/mol. The average molecular weight is 311 g/mol. The highest BCUT2D eigenvalue weighted by atomic mass is 32.2. The van der Waals surface area contributed by atoms with Crippen LogP contribution in [0.3, 0.4) is 0 Å². The van der Waals surface area contributed by atoms with Gasteiger partial charge in [-0.1, -0.05) is 0 Å². The minimum atomic E-state index is -4.45. The first kappa shape index (κ1) is 16.7. The number of hydrogen-bond acceptors (Lipinski definition) is 3. The Morgan fingerprint density at radius 2 is 1.80 bits per heavy atom. The maximum Gasteiger partial charge on any atom is 0.416 e. The summed E-state index contributed by atoms with van der Waals surface area (Å²) in [6.45, 7) is 0.576. The van der Waals surface area contributed by atoms with Crippen LogP contribution in [-0.4, -0.2) is 32.9 Å². The van der Waals surface area contributed by atoms with Crippen molar-refractivity contribution in [3.63, 3.8) is 0 Å². The molecule has 0 saturated carbocycles. The van der Waals surface area contributed by atoms with E-state index < -0.39 is 21.9 Å². The van der Waals surface area contributed by atoms with Crippen molar-refractivity contribution in [3.8, 4) is 0 Å². The Bertz CT molecular complexity index is 529. The number of anilines is 1. The Labute approximate surface area is 115 Å². The molecule has 1 aromatic carbocycles. The number of nitrogens with one attached hydrogen (secondary N) is 1. The lowest BCUT2D eigenvalue weighted by Crippen LogP contribution is -2.34. The molecule has 0 heterocycles. The molecular formula is C11H16F3N3O2S. The minimum absolute atomic E-state index is 0.0672. The number of nitrogens with two attached hydrogens (primary N) is 1. The van der Waals surface area contributed by atoms with E-state index in [2.05, 4.69) is 4.72 Å². The second-order valence-electron chi connectivity index (χ2n) is 4.15. The van der Waals surface area contributed by atoms with Crippen LogP contribution in [0.15, 0.2) is 24.3 Å². The number of alkyl halides is 3. The Hall–Kier alpha value is -1.32. The van der Waals surface area contributed by atoms with Crippen molar-refractivity contribution in [3.05, 3.63) is 29.8 Å². The van der Waals surface area contributed by atoms with Crippen LogP contribution >= 0.6 is 0 Å². The lowest BCUT2D eigenvalue weighted by Gasteiger charge is -2.18. The molecule has 3 N–H and O–H groups in total. The Balaban J connectivity index is 2.78. The van der Waals surface area contributed by atoms with Gasteiger partial charge in [-0.2, -0.15) is 25.9 Å². The third-order valence-electron chi connectivity index (χ3n) is 2.55. The molecule has 0 aliphatic rings. The summed E-state index contributed by atoms with van der Waals surface area (Å²) < 4.78 is 64.0. The first-order valence-corrected chi connectivity index (χ1v) is 7.22. The first-order chi connectivity index (χ1) is 9.16. The van der Waals surface area contributed by atoms with Crippen LogP contribution in [0.1, 0.15) is 12.0 Å². The first-order valence-electron chi connectivity index (χ1n) is 5.78. The molecule has 114 valence electrons. The van der Waals surface area contributed by atoms with Crippen molar-refractivity contribution in [2.24, 2.45) is 5.73 Å². The van der Waals surface area contributed by atoms with E-state index in [-0.39, 0.29) is 12.2 Å². The SMILES string of the molecule is CN(CCCN)S(=O)(=O)Nc1ccc(C(F)(F)F)cc1. The molecule has 0 aromatic heterocycles. The van der Waals surface area contributed by atoms with E-state index in [9.17, 15) is 21.6 Å². The molecule has 1 aromatic rings. The molecule has 0 amide bonds. The molecule has 9 heteroatoms. The fourth-order valence-electron chi connectivity index (χ4n) is 1.39. The fourth-order valence-corrected chi connectivity index (χ4v) is 2.35. The van der Waals surface area contributed by atoms with Crippen molar-refractivity contribution in [1.82, 2.24) is 4.31 Å². The summed E-state index contributed by atoms with van der Waals surface area (Å²) in [7, 11) is -2.42. The molecule has 0 bridgehead atoms. The number of nitrogens with zero attached hydrogens (tertiary/aromatic N) is 1. The van der Waals surface area contributed by atoms with Crippen LogP contribution in [0.4, 0.5) is 18.9 Å². The second kappa shape index (κ2) is 6.42. The molecule has 0 aliphatic carbocycles. The molecule has 0 fully saturated rings. The Morgan fingerprint density at radius 1 is 1.25 bits per heavy atom. The van der Waals surface area contributed by atoms with E-state index >= 15 is 0 Å². The van der Waals surface area contributed by atoms with Crippen molar-refractivity contribution in [2.45, 2.75) is 12.6 Å². The summed E-state index contributed by atoms with van der Waals surface area (Å²) in [5, 5.41) is 0. The highest BCUT2D eigenvalue weighted by Gasteiger charge is 2.30. The van der Waals surface area contributed by atoms with E-state index in [4.69, 9.17) is 5.73 Å². The maximum atomic E-state index is 12.4. The van der Waals surface area contributed by atoms with Gasteiger partial charge >= 0.3 is 16.4 Å². The van der Waals surface area contributed by atoms with Crippen LogP contribution in [0.5, 0.6) is 0 Å². The van der Waals surface area contributed by atoms with E-state index in [1.807, 2.05) is 0 Å². The van der Waals surface area contributed by atoms with Crippen LogP contribution in [0.2, 0.25) is 0 Å².